The van der Waals surface area contributed by atoms with Crippen LogP contribution in [0.3, 0.4) is 0 Å². The summed E-state index contributed by atoms with van der Waals surface area (Å²) in [4.78, 5) is 45.2. The number of hydrogen-bond donors (Lipinski definition) is 6. The number of rotatable bonds is 11. The molecule has 9 nitrogen and oxygen atoms in total. The van der Waals surface area contributed by atoms with E-state index in [1.807, 2.05) is 78.9 Å². The van der Waals surface area contributed by atoms with Gasteiger partial charge in [-0.2, -0.15) is 0 Å². The Hall–Kier alpha value is -4.89. The van der Waals surface area contributed by atoms with E-state index in [-0.39, 0.29) is 12.8 Å². The molecule has 7 N–H and O–H groups in total. The minimum atomic E-state index is -1.20. The molecule has 5 aromatic rings. The number of fused-ring (bicyclic) bond motifs is 2. The predicted molar refractivity (Wildman–Crippen MR) is 154 cm³/mol. The lowest BCUT2D eigenvalue weighted by molar-refractivity contribution is -0.142. The van der Waals surface area contributed by atoms with Crippen LogP contribution in [0.15, 0.2) is 91.3 Å². The number of hydrogen-bond acceptors (Lipinski definition) is 4. The second-order valence-corrected chi connectivity index (χ2v) is 9.88. The number of para-hydroxylation sites is 2. The normalized spacial score (nSPS) is 13.5. The Kier molecular flexibility index (Phi) is 7.93. The highest BCUT2D eigenvalue weighted by molar-refractivity contribution is 5.93. The van der Waals surface area contributed by atoms with Gasteiger partial charge in [0, 0.05) is 47.0 Å². The van der Waals surface area contributed by atoms with Gasteiger partial charge in [0.05, 0.1) is 6.04 Å². The molecule has 0 aliphatic rings. The number of aromatic amines is 2. The molecule has 0 aliphatic heterocycles. The van der Waals surface area contributed by atoms with Crippen molar-refractivity contribution in [3.05, 3.63) is 108 Å². The van der Waals surface area contributed by atoms with Crippen molar-refractivity contribution in [1.82, 2.24) is 20.6 Å². The number of nitrogens with two attached hydrogens (primary N) is 1. The molecule has 0 radical (unpaired) electrons. The van der Waals surface area contributed by atoms with E-state index in [0.717, 1.165) is 38.5 Å². The van der Waals surface area contributed by atoms with Gasteiger partial charge in [-0.15, -0.1) is 0 Å². The SMILES string of the molecule is N[C@@H](Cc1ccccc1)C(=O)N[C@H](Cc1c[nH]c2ccccc12)C(=O)N[C@H](Cc1c[nH]c2ccccc12)C(=O)O. The molecule has 0 saturated carbocycles. The molecular weight excluding hydrogens is 506 g/mol. The molecule has 0 bridgehead atoms. The van der Waals surface area contributed by atoms with Gasteiger partial charge in [-0.3, -0.25) is 9.59 Å². The number of H-pyrrole nitrogens is 2. The van der Waals surface area contributed by atoms with Crippen LogP contribution in [0.25, 0.3) is 21.8 Å². The van der Waals surface area contributed by atoms with Crippen LogP contribution in [0.5, 0.6) is 0 Å². The molecule has 2 heterocycles. The zero-order valence-corrected chi connectivity index (χ0v) is 21.8. The van der Waals surface area contributed by atoms with Gasteiger partial charge >= 0.3 is 5.97 Å². The number of benzene rings is 3. The highest BCUT2D eigenvalue weighted by Crippen LogP contribution is 2.21. The summed E-state index contributed by atoms with van der Waals surface area (Å²) in [5.41, 5.74) is 10.5. The minimum absolute atomic E-state index is 0.0758. The van der Waals surface area contributed by atoms with Crippen molar-refractivity contribution in [2.45, 2.75) is 37.4 Å². The van der Waals surface area contributed by atoms with Gasteiger partial charge in [0.1, 0.15) is 12.1 Å². The zero-order chi connectivity index (χ0) is 28.1. The van der Waals surface area contributed by atoms with Gasteiger partial charge in [0.25, 0.3) is 0 Å². The molecular formula is C31H31N5O4. The maximum atomic E-state index is 13.6. The molecule has 0 spiro atoms. The van der Waals surface area contributed by atoms with Gasteiger partial charge in [0.2, 0.25) is 11.8 Å². The summed E-state index contributed by atoms with van der Waals surface area (Å²) >= 11 is 0. The van der Waals surface area contributed by atoms with Crippen LogP contribution in [0, 0.1) is 0 Å². The first-order chi connectivity index (χ1) is 19.4. The molecule has 40 heavy (non-hydrogen) atoms. The summed E-state index contributed by atoms with van der Waals surface area (Å²) in [6.45, 7) is 0. The van der Waals surface area contributed by atoms with Gasteiger partial charge in [-0.05, 0) is 35.2 Å². The largest absolute Gasteiger partial charge is 0.480 e. The van der Waals surface area contributed by atoms with Crippen LogP contribution >= 0.6 is 0 Å². The Labute approximate surface area is 230 Å². The quantitative estimate of drug-likeness (QED) is 0.153. The van der Waals surface area contributed by atoms with Crippen molar-refractivity contribution in [3.63, 3.8) is 0 Å². The molecule has 3 aromatic carbocycles. The lowest BCUT2D eigenvalue weighted by Gasteiger charge is -2.23. The first-order valence-electron chi connectivity index (χ1n) is 13.1. The van der Waals surface area contributed by atoms with Crippen LogP contribution in [-0.4, -0.2) is 51.0 Å². The van der Waals surface area contributed by atoms with Crippen LogP contribution in [0.4, 0.5) is 0 Å². The summed E-state index contributed by atoms with van der Waals surface area (Å²) in [5.74, 6) is -2.26. The van der Waals surface area contributed by atoms with Crippen LogP contribution in [0.1, 0.15) is 16.7 Å². The van der Waals surface area contributed by atoms with Gasteiger partial charge in [0.15, 0.2) is 0 Å². The third kappa shape index (κ3) is 6.05. The Morgan fingerprint density at radius 1 is 0.675 bits per heavy atom. The lowest BCUT2D eigenvalue weighted by atomic mass is 10.0. The third-order valence-electron chi connectivity index (χ3n) is 7.08. The number of aromatic nitrogens is 2. The fraction of sp³-hybridized carbons (Fsp3) is 0.194. The van der Waals surface area contributed by atoms with Gasteiger partial charge in [-0.25, -0.2) is 4.79 Å². The van der Waals surface area contributed by atoms with E-state index in [1.165, 1.54) is 0 Å². The Morgan fingerprint density at radius 3 is 1.75 bits per heavy atom. The maximum Gasteiger partial charge on any atom is 0.326 e. The summed E-state index contributed by atoms with van der Waals surface area (Å²) in [7, 11) is 0. The minimum Gasteiger partial charge on any atom is -0.480 e. The molecule has 204 valence electrons. The zero-order valence-electron chi connectivity index (χ0n) is 21.8. The Bertz CT molecular complexity index is 1640. The summed E-state index contributed by atoms with van der Waals surface area (Å²) < 4.78 is 0. The fourth-order valence-corrected chi connectivity index (χ4v) is 4.96. The summed E-state index contributed by atoms with van der Waals surface area (Å²) in [6.07, 6.45) is 4.07. The average molecular weight is 538 g/mol. The third-order valence-corrected chi connectivity index (χ3v) is 7.08. The smallest absolute Gasteiger partial charge is 0.326 e. The van der Waals surface area contributed by atoms with Crippen molar-refractivity contribution in [3.8, 4) is 0 Å². The number of carboxylic acids is 1. The van der Waals surface area contributed by atoms with Crippen molar-refractivity contribution in [2.75, 3.05) is 0 Å². The number of amides is 2. The maximum absolute atomic E-state index is 13.6. The molecule has 9 heteroatoms. The van der Waals surface area contributed by atoms with Crippen LogP contribution < -0.4 is 16.4 Å². The molecule has 0 aliphatic carbocycles. The van der Waals surface area contributed by atoms with E-state index in [9.17, 15) is 19.5 Å². The number of carboxylic acid groups (broad SMARTS) is 1. The molecule has 0 fully saturated rings. The van der Waals surface area contributed by atoms with Gasteiger partial charge < -0.3 is 31.4 Å². The van der Waals surface area contributed by atoms with E-state index in [0.29, 0.717) is 6.42 Å². The highest BCUT2D eigenvalue weighted by Gasteiger charge is 2.29. The first kappa shape index (κ1) is 26.7. The fourth-order valence-electron chi connectivity index (χ4n) is 4.96. The van der Waals surface area contributed by atoms with E-state index in [4.69, 9.17) is 5.73 Å². The molecule has 0 unspecified atom stereocenters. The Morgan fingerprint density at radius 2 is 1.18 bits per heavy atom. The molecule has 0 saturated heterocycles. The Balaban J connectivity index is 1.36. The van der Waals surface area contributed by atoms with Crippen LogP contribution in [-0.2, 0) is 33.6 Å². The molecule has 2 amide bonds. The molecule has 3 atom stereocenters. The summed E-state index contributed by atoms with van der Waals surface area (Å²) in [5, 5.41) is 17.2. The van der Waals surface area contributed by atoms with Crippen molar-refractivity contribution >= 4 is 39.6 Å². The molecule has 2 aromatic heterocycles. The predicted octanol–water partition coefficient (Wildman–Crippen LogP) is 3.06. The first-order valence-corrected chi connectivity index (χ1v) is 13.1. The van der Waals surface area contributed by atoms with E-state index >= 15 is 0 Å². The van der Waals surface area contributed by atoms with E-state index in [2.05, 4.69) is 20.6 Å². The number of nitrogens with one attached hydrogen (secondary N) is 4. The van der Waals surface area contributed by atoms with Crippen molar-refractivity contribution < 1.29 is 19.5 Å². The highest BCUT2D eigenvalue weighted by atomic mass is 16.4. The number of aliphatic carboxylic acids is 1. The van der Waals surface area contributed by atoms with Gasteiger partial charge in [-0.1, -0.05) is 66.7 Å². The second-order valence-electron chi connectivity index (χ2n) is 9.88. The van der Waals surface area contributed by atoms with Crippen molar-refractivity contribution in [1.29, 1.82) is 0 Å². The monoisotopic (exact) mass is 537 g/mol. The lowest BCUT2D eigenvalue weighted by Crippen LogP contribution is -2.55. The van der Waals surface area contributed by atoms with E-state index < -0.39 is 35.9 Å². The van der Waals surface area contributed by atoms with E-state index in [1.54, 1.807) is 12.4 Å². The topological polar surface area (TPSA) is 153 Å². The summed E-state index contributed by atoms with van der Waals surface area (Å²) in [6, 6.07) is 21.5. The van der Waals surface area contributed by atoms with Crippen molar-refractivity contribution in [2.24, 2.45) is 5.73 Å². The average Bonchev–Trinajstić information content (AvgIpc) is 3.57. The second kappa shape index (κ2) is 11.9. The number of carbonyl (C=O) groups is 3. The molecule has 5 rings (SSSR count). The van der Waals surface area contributed by atoms with Crippen LogP contribution in [0.2, 0.25) is 0 Å². The standard InChI is InChI=1S/C31H31N5O4/c32-24(14-19-8-2-1-3-9-19)29(37)35-27(15-20-17-33-25-12-6-4-10-22(20)25)30(38)36-28(31(39)40)16-21-18-34-26-13-7-5-11-23(21)26/h1-13,17-18,24,27-28,33-34H,14-16,32H2,(H,35,37)(H,36,38)(H,39,40)/t24-,27+,28+/m0/s1. The number of carbonyl (C=O) groups excluding carboxylic acids is 2.